The minimum absolute atomic E-state index is 0.0580. The number of carboxylic acid groups (broad SMARTS) is 4. The minimum atomic E-state index is -1.04. The first-order valence-corrected chi connectivity index (χ1v) is 41.2. The molecule has 0 fully saturated rings. The Kier molecular flexibility index (Phi) is 26.4. The van der Waals surface area contributed by atoms with Crippen molar-refractivity contribution in [2.24, 2.45) is 0 Å². The Morgan fingerprint density at radius 3 is 0.855 bits per heavy atom. The zero-order chi connectivity index (χ0) is 88.5. The number of phenolic OH excluding ortho intramolecular Hbond substituents is 4. The van der Waals surface area contributed by atoms with Gasteiger partial charge in [0.05, 0.1) is 19.5 Å². The van der Waals surface area contributed by atoms with Gasteiger partial charge in [-0.15, -0.1) is 45.3 Å². The van der Waals surface area contributed by atoms with Gasteiger partial charge in [-0.3, -0.25) is 19.2 Å². The summed E-state index contributed by atoms with van der Waals surface area (Å²) in [5.74, 6) is -5.89. The van der Waals surface area contributed by atoms with Gasteiger partial charge in [0, 0.05) is 109 Å². The number of phenols is 4. The van der Waals surface area contributed by atoms with E-state index in [9.17, 15) is 72.0 Å². The number of aromatic hydroxyl groups is 4. The molecule has 0 bridgehead atoms. The fraction of sp³-hybridized carbons (Fsp3) is 0.0495. The van der Waals surface area contributed by atoms with Crippen molar-refractivity contribution in [2.75, 3.05) is 0 Å². The average Bonchev–Trinajstić information content (AvgIpc) is 1.63. The second-order valence-corrected chi connectivity index (χ2v) is 33.0. The first-order valence-electron chi connectivity index (χ1n) is 37.9. The minimum Gasteiger partial charge on any atom is -0.508 e. The molecular weight excluding hydrogens is 1650 g/mol. The number of carbonyl (C=O) groups is 8. The van der Waals surface area contributed by atoms with Crippen LogP contribution in [0.2, 0.25) is 0 Å². The molecular formula is C101H71F3O16S4. The molecule has 0 amide bonds. The molecule has 16 aromatic rings. The lowest BCUT2D eigenvalue weighted by atomic mass is 9.96. The van der Waals surface area contributed by atoms with E-state index in [1.54, 1.807) is 136 Å². The third kappa shape index (κ3) is 20.4. The number of halogens is 3. The van der Waals surface area contributed by atoms with Crippen molar-refractivity contribution in [3.63, 3.8) is 0 Å². The molecule has 0 saturated carbocycles. The van der Waals surface area contributed by atoms with E-state index >= 15 is 0 Å². The van der Waals surface area contributed by atoms with Crippen LogP contribution in [-0.2, 0) is 19.2 Å². The van der Waals surface area contributed by atoms with E-state index in [1.165, 1.54) is 112 Å². The molecule has 16 nitrogen and oxygen atoms in total. The van der Waals surface area contributed by atoms with E-state index < -0.39 is 41.3 Å². The second-order valence-electron chi connectivity index (χ2n) is 28.7. The van der Waals surface area contributed by atoms with Crippen LogP contribution in [0, 0.1) is 52.1 Å². The quantitative estimate of drug-likeness (QED) is 0.0260. The molecule has 4 aromatic heterocycles. The van der Waals surface area contributed by atoms with Crippen molar-refractivity contribution in [3.8, 4) is 67.5 Å². The van der Waals surface area contributed by atoms with E-state index in [1.807, 2.05) is 98.8 Å². The van der Waals surface area contributed by atoms with Gasteiger partial charge in [0.15, 0.2) is 0 Å². The summed E-state index contributed by atoms with van der Waals surface area (Å²) in [5, 5.41) is 78.1. The summed E-state index contributed by atoms with van der Waals surface area (Å²) in [6.45, 7) is 9.12. The average molecular weight is 1730 g/mol. The predicted octanol–water partition coefficient (Wildman–Crippen LogP) is 24.4. The Bertz CT molecular complexity index is 6830. The lowest BCUT2D eigenvalue weighted by molar-refractivity contribution is -0.132. The number of ketones is 4. The molecule has 12 aromatic carbocycles. The van der Waals surface area contributed by atoms with Crippen LogP contribution in [0.5, 0.6) is 23.0 Å². The predicted molar refractivity (Wildman–Crippen MR) is 485 cm³/mol. The van der Waals surface area contributed by atoms with Crippen molar-refractivity contribution >= 4 is 157 Å². The van der Waals surface area contributed by atoms with Crippen LogP contribution in [0.15, 0.2) is 267 Å². The highest BCUT2D eigenvalue weighted by Crippen LogP contribution is 2.47. The Balaban J connectivity index is 0.000000142. The van der Waals surface area contributed by atoms with Crippen LogP contribution < -0.4 is 0 Å². The van der Waals surface area contributed by atoms with Gasteiger partial charge in [-0.05, 0) is 254 Å². The second kappa shape index (κ2) is 37.7. The maximum atomic E-state index is 13.9. The SMILES string of the molecule is Cc1cc(C)cc(C(=O)c2sc3cc(O)ccc3c2-c2ccc(/C=C/C(=O)O)cc2)c1.Cc1cc(F)cc(C(=O)c2sc3cc(O)ccc3c2-c2ccc(/C=C/C(=O)O)cc2)c1.Cc1cc(F)ccc1C(=O)c1sc2cc(O)ccc2c1-c1ccc(/C=C/C(=O)O)cc1.Cc1ccc(F)cc1C(=O)c1sc2cc(O)ccc2c1-c1ccc(/C=C/C(=O)O)cc1. The molecule has 0 aliphatic carbocycles. The number of fused-ring (bicyclic) bond motifs is 4. The van der Waals surface area contributed by atoms with Crippen LogP contribution in [0.1, 0.15) is 111 Å². The summed E-state index contributed by atoms with van der Waals surface area (Å²) in [6.07, 6.45) is 10.2. The third-order valence-corrected chi connectivity index (χ3v) is 24.3. The number of hydrogen-bond donors (Lipinski definition) is 8. The zero-order valence-electron chi connectivity index (χ0n) is 66.3. The smallest absolute Gasteiger partial charge is 0.328 e. The Morgan fingerprint density at radius 1 is 0.266 bits per heavy atom. The van der Waals surface area contributed by atoms with Crippen LogP contribution >= 0.6 is 45.3 Å². The number of aryl methyl sites for hydroxylation is 5. The molecule has 124 heavy (non-hydrogen) atoms. The highest BCUT2D eigenvalue weighted by Gasteiger charge is 2.28. The lowest BCUT2D eigenvalue weighted by Gasteiger charge is -2.08. The van der Waals surface area contributed by atoms with Crippen molar-refractivity contribution in [1.29, 1.82) is 0 Å². The summed E-state index contributed by atoms with van der Waals surface area (Å²) >= 11 is 5.12. The number of carbonyl (C=O) groups excluding carboxylic acids is 4. The molecule has 4 heterocycles. The lowest BCUT2D eigenvalue weighted by Crippen LogP contribution is -2.04. The maximum Gasteiger partial charge on any atom is 0.328 e. The van der Waals surface area contributed by atoms with Gasteiger partial charge >= 0.3 is 23.9 Å². The van der Waals surface area contributed by atoms with E-state index in [0.29, 0.717) is 75.1 Å². The number of benzene rings is 12. The number of aliphatic carboxylic acids is 4. The monoisotopic (exact) mass is 1720 g/mol. The zero-order valence-corrected chi connectivity index (χ0v) is 69.6. The maximum absolute atomic E-state index is 13.9. The Labute approximate surface area is 722 Å². The summed E-state index contributed by atoms with van der Waals surface area (Å²) < 4.78 is 44.4. The normalized spacial score (nSPS) is 11.3. The molecule has 0 radical (unpaired) electrons. The highest BCUT2D eigenvalue weighted by atomic mass is 32.1. The standard InChI is InChI=1S/C26H20O4S.3C25H17FO4S/c1-15-11-16(2)13-19(12-15)25(30)26-24(21-9-8-20(27)14-22(21)31-26)18-6-3-17(4-7-18)5-10-23(28)29;1-14-2-8-17(26)12-20(14)24(30)25-23(19-10-9-18(27)13-21(19)31-25)16-6-3-15(4-7-16)5-11-22(28)29;1-14-12-17(26)7-9-19(14)24(30)25-23(20-10-8-18(27)13-21(20)31-25)16-5-2-15(3-6-16)4-11-22(28)29;1-14-10-17(12-18(26)11-14)24(30)25-23(20-8-7-19(27)13-21(20)31-25)16-5-2-15(3-6-16)4-9-22(28)29/h3-14,27H,1-2H3,(H,28,29);3*2-13,27H,1H3,(H,28,29)/b10-5+;11-5+;11-4+;9-4+. The number of thiophene rings is 4. The van der Waals surface area contributed by atoms with Gasteiger partial charge in [0.2, 0.25) is 23.1 Å². The Hall–Kier alpha value is -15.0. The van der Waals surface area contributed by atoms with Gasteiger partial charge in [-0.1, -0.05) is 120 Å². The third-order valence-electron chi connectivity index (χ3n) is 19.7. The molecule has 616 valence electrons. The van der Waals surface area contributed by atoms with Gasteiger partial charge in [-0.2, -0.15) is 0 Å². The van der Waals surface area contributed by atoms with Crippen molar-refractivity contribution < 1.29 is 92.4 Å². The Morgan fingerprint density at radius 2 is 0.548 bits per heavy atom. The van der Waals surface area contributed by atoms with E-state index in [4.69, 9.17) is 20.4 Å². The number of carboxylic acids is 4. The summed E-state index contributed by atoms with van der Waals surface area (Å²) in [4.78, 5) is 98.7. The van der Waals surface area contributed by atoms with Crippen LogP contribution in [0.25, 0.3) is 109 Å². The number of hydrogen-bond acceptors (Lipinski definition) is 16. The fourth-order valence-electron chi connectivity index (χ4n) is 14.0. The fourth-order valence-corrected chi connectivity index (χ4v) is 18.9. The first kappa shape index (κ1) is 86.8. The molecule has 0 spiro atoms. The molecule has 0 unspecified atom stereocenters. The van der Waals surface area contributed by atoms with Gasteiger partial charge < -0.3 is 40.9 Å². The largest absolute Gasteiger partial charge is 0.508 e. The van der Waals surface area contributed by atoms with Crippen LogP contribution in [0.3, 0.4) is 0 Å². The van der Waals surface area contributed by atoms with Crippen molar-refractivity contribution in [3.05, 3.63) is 376 Å². The van der Waals surface area contributed by atoms with Crippen molar-refractivity contribution in [1.82, 2.24) is 0 Å². The topological polar surface area (TPSA) is 298 Å². The molecule has 0 aliphatic rings. The molecule has 23 heteroatoms. The summed E-state index contributed by atoms with van der Waals surface area (Å²) in [7, 11) is 0. The summed E-state index contributed by atoms with van der Waals surface area (Å²) in [6, 6.07) is 67.1. The van der Waals surface area contributed by atoms with Gasteiger partial charge in [-0.25, -0.2) is 32.3 Å². The molecule has 8 N–H and O–H groups in total. The van der Waals surface area contributed by atoms with Gasteiger partial charge in [0.1, 0.15) is 40.4 Å². The van der Waals surface area contributed by atoms with Crippen molar-refractivity contribution in [2.45, 2.75) is 34.6 Å². The van der Waals surface area contributed by atoms with E-state index in [-0.39, 0.29) is 57.3 Å². The molecule has 16 rings (SSSR count). The molecule has 0 aliphatic heterocycles. The van der Waals surface area contributed by atoms with Crippen LogP contribution in [0.4, 0.5) is 13.2 Å². The van der Waals surface area contributed by atoms with E-state index in [2.05, 4.69) is 0 Å². The van der Waals surface area contributed by atoms with Gasteiger partial charge in [0.25, 0.3) is 0 Å². The summed E-state index contributed by atoms with van der Waals surface area (Å²) in [5.41, 5.74) is 14.5. The highest BCUT2D eigenvalue weighted by molar-refractivity contribution is 7.23. The van der Waals surface area contributed by atoms with Crippen LogP contribution in [-0.4, -0.2) is 87.9 Å². The van der Waals surface area contributed by atoms with E-state index in [0.717, 1.165) is 115 Å². The first-order chi connectivity index (χ1) is 59.3. The number of rotatable bonds is 20. The molecule has 0 atom stereocenters. The molecule has 0 saturated heterocycles.